The molecule has 16 heavy (non-hydrogen) atoms. The van der Waals surface area contributed by atoms with Gasteiger partial charge >= 0.3 is 5.97 Å². The van der Waals surface area contributed by atoms with Gasteiger partial charge in [0.25, 0.3) is 0 Å². The van der Waals surface area contributed by atoms with Gasteiger partial charge in [-0.15, -0.1) is 0 Å². The molecule has 0 spiro atoms. The van der Waals surface area contributed by atoms with Crippen LogP contribution in [0.15, 0.2) is 6.07 Å². The number of rotatable bonds is 4. The van der Waals surface area contributed by atoms with Gasteiger partial charge in [0.2, 0.25) is 0 Å². The molecule has 1 N–H and O–H groups in total. The molecule has 0 saturated carbocycles. The SMILES string of the molecule is COc1cc(OC)c(C)c(CC(=O)O)c1C. The van der Waals surface area contributed by atoms with Crippen molar-refractivity contribution in [3.8, 4) is 11.5 Å². The van der Waals surface area contributed by atoms with Gasteiger partial charge in [0.15, 0.2) is 0 Å². The third-order valence-electron chi connectivity index (χ3n) is 2.67. The van der Waals surface area contributed by atoms with Crippen LogP contribution in [0.1, 0.15) is 16.7 Å². The standard InChI is InChI=1S/C12H16O4/c1-7-9(5-12(13)14)8(2)11(16-4)6-10(7)15-3/h6H,5H2,1-4H3,(H,13,14). The van der Waals surface area contributed by atoms with Gasteiger partial charge in [0, 0.05) is 6.07 Å². The van der Waals surface area contributed by atoms with Crippen LogP contribution in [0.2, 0.25) is 0 Å². The quantitative estimate of drug-likeness (QED) is 0.849. The van der Waals surface area contributed by atoms with Gasteiger partial charge < -0.3 is 14.6 Å². The number of benzene rings is 1. The Bertz CT molecular complexity index is 382. The minimum absolute atomic E-state index is 0.0226. The summed E-state index contributed by atoms with van der Waals surface area (Å²) in [4.78, 5) is 10.8. The summed E-state index contributed by atoms with van der Waals surface area (Å²) in [6.07, 6.45) is -0.0226. The number of ether oxygens (including phenoxy) is 2. The predicted molar refractivity (Wildman–Crippen MR) is 60.4 cm³/mol. The first-order valence-corrected chi connectivity index (χ1v) is 4.94. The topological polar surface area (TPSA) is 55.8 Å². The van der Waals surface area contributed by atoms with Gasteiger partial charge in [-0.2, -0.15) is 0 Å². The average molecular weight is 224 g/mol. The van der Waals surface area contributed by atoms with Crippen molar-refractivity contribution in [3.05, 3.63) is 22.8 Å². The first-order valence-electron chi connectivity index (χ1n) is 4.94. The Hall–Kier alpha value is -1.71. The molecule has 0 heterocycles. The maximum atomic E-state index is 10.8. The monoisotopic (exact) mass is 224 g/mol. The molecule has 4 heteroatoms. The Morgan fingerprint density at radius 2 is 1.62 bits per heavy atom. The van der Waals surface area contributed by atoms with Crippen LogP contribution in [0.5, 0.6) is 11.5 Å². The van der Waals surface area contributed by atoms with Crippen LogP contribution in [0.4, 0.5) is 0 Å². The highest BCUT2D eigenvalue weighted by molar-refractivity contribution is 5.72. The number of carbonyl (C=O) groups is 1. The van der Waals surface area contributed by atoms with Crippen molar-refractivity contribution in [2.24, 2.45) is 0 Å². The van der Waals surface area contributed by atoms with Crippen LogP contribution in [-0.4, -0.2) is 25.3 Å². The lowest BCUT2D eigenvalue weighted by molar-refractivity contribution is -0.136. The van der Waals surface area contributed by atoms with E-state index in [-0.39, 0.29) is 6.42 Å². The predicted octanol–water partition coefficient (Wildman–Crippen LogP) is 1.95. The van der Waals surface area contributed by atoms with E-state index in [2.05, 4.69) is 0 Å². The van der Waals surface area contributed by atoms with Gasteiger partial charge in [-0.25, -0.2) is 0 Å². The van der Waals surface area contributed by atoms with Gasteiger partial charge in [-0.1, -0.05) is 0 Å². The summed E-state index contributed by atoms with van der Waals surface area (Å²) in [5.74, 6) is 0.443. The zero-order valence-electron chi connectivity index (χ0n) is 9.96. The molecule has 0 bridgehead atoms. The maximum Gasteiger partial charge on any atom is 0.307 e. The molecule has 0 unspecified atom stereocenters. The van der Waals surface area contributed by atoms with Crippen LogP contribution in [-0.2, 0) is 11.2 Å². The molecule has 0 radical (unpaired) electrons. The summed E-state index contributed by atoms with van der Waals surface area (Å²) in [6.45, 7) is 3.70. The van der Waals surface area contributed by atoms with Gasteiger partial charge in [0.05, 0.1) is 20.6 Å². The first-order chi connectivity index (χ1) is 7.51. The molecule has 88 valence electrons. The Balaban J connectivity index is 3.36. The number of hydrogen-bond donors (Lipinski definition) is 1. The van der Waals surface area contributed by atoms with Crippen molar-refractivity contribution >= 4 is 5.97 Å². The van der Waals surface area contributed by atoms with E-state index in [1.807, 2.05) is 13.8 Å². The van der Waals surface area contributed by atoms with E-state index < -0.39 is 5.97 Å². The molecule has 0 atom stereocenters. The zero-order valence-corrected chi connectivity index (χ0v) is 9.96. The maximum absolute atomic E-state index is 10.8. The molecule has 0 aliphatic heterocycles. The highest BCUT2D eigenvalue weighted by Gasteiger charge is 2.15. The molecule has 0 aliphatic rings. The summed E-state index contributed by atoms with van der Waals surface area (Å²) in [7, 11) is 3.11. The first kappa shape index (κ1) is 12.4. The summed E-state index contributed by atoms with van der Waals surface area (Å²) in [6, 6.07) is 1.77. The number of methoxy groups -OCH3 is 2. The molecule has 0 amide bonds. The second-order valence-electron chi connectivity index (χ2n) is 3.58. The second-order valence-corrected chi connectivity index (χ2v) is 3.58. The fraction of sp³-hybridized carbons (Fsp3) is 0.417. The second kappa shape index (κ2) is 4.88. The molecule has 1 aromatic carbocycles. The molecular weight excluding hydrogens is 208 g/mol. The molecule has 1 aromatic rings. The third-order valence-corrected chi connectivity index (χ3v) is 2.67. The Morgan fingerprint density at radius 1 is 1.19 bits per heavy atom. The zero-order chi connectivity index (χ0) is 12.3. The molecule has 4 nitrogen and oxygen atoms in total. The fourth-order valence-corrected chi connectivity index (χ4v) is 1.75. The van der Waals surface area contributed by atoms with Gasteiger partial charge in [-0.05, 0) is 30.5 Å². The number of hydrogen-bond acceptors (Lipinski definition) is 3. The van der Waals surface area contributed by atoms with Crippen LogP contribution in [0, 0.1) is 13.8 Å². The van der Waals surface area contributed by atoms with Crippen molar-refractivity contribution in [1.29, 1.82) is 0 Å². The molecule has 0 fully saturated rings. The lowest BCUT2D eigenvalue weighted by atomic mass is 9.98. The normalized spacial score (nSPS) is 10.0. The van der Waals surface area contributed by atoms with Crippen LogP contribution >= 0.6 is 0 Å². The average Bonchev–Trinajstić information content (AvgIpc) is 2.24. The van der Waals surface area contributed by atoms with E-state index in [0.717, 1.165) is 16.7 Å². The Labute approximate surface area is 94.8 Å². The summed E-state index contributed by atoms with van der Waals surface area (Å²) < 4.78 is 10.4. The summed E-state index contributed by atoms with van der Waals surface area (Å²) in [5, 5.41) is 8.86. The molecule has 0 saturated heterocycles. The van der Waals surface area contributed by atoms with E-state index in [1.165, 1.54) is 0 Å². The van der Waals surface area contributed by atoms with Gasteiger partial charge in [0.1, 0.15) is 11.5 Å². The minimum atomic E-state index is -0.860. The van der Waals surface area contributed by atoms with Crippen molar-refractivity contribution < 1.29 is 19.4 Å². The van der Waals surface area contributed by atoms with E-state index in [4.69, 9.17) is 14.6 Å². The molecule has 1 rings (SSSR count). The van der Waals surface area contributed by atoms with Crippen LogP contribution < -0.4 is 9.47 Å². The Kier molecular flexibility index (Phi) is 3.77. The lowest BCUT2D eigenvalue weighted by Crippen LogP contribution is -2.06. The van der Waals surface area contributed by atoms with E-state index >= 15 is 0 Å². The third kappa shape index (κ3) is 2.27. The highest BCUT2D eigenvalue weighted by Crippen LogP contribution is 2.32. The van der Waals surface area contributed by atoms with Crippen LogP contribution in [0.3, 0.4) is 0 Å². The largest absolute Gasteiger partial charge is 0.496 e. The van der Waals surface area contributed by atoms with Crippen molar-refractivity contribution in [3.63, 3.8) is 0 Å². The number of carboxylic acids is 1. The summed E-state index contributed by atoms with van der Waals surface area (Å²) >= 11 is 0. The summed E-state index contributed by atoms with van der Waals surface area (Å²) in [5.41, 5.74) is 2.45. The number of aliphatic carboxylic acids is 1. The van der Waals surface area contributed by atoms with E-state index in [1.54, 1.807) is 20.3 Å². The smallest absolute Gasteiger partial charge is 0.307 e. The van der Waals surface area contributed by atoms with Gasteiger partial charge in [-0.3, -0.25) is 4.79 Å². The fourth-order valence-electron chi connectivity index (χ4n) is 1.75. The Morgan fingerprint density at radius 3 is 1.94 bits per heavy atom. The van der Waals surface area contributed by atoms with Crippen molar-refractivity contribution in [2.75, 3.05) is 14.2 Å². The van der Waals surface area contributed by atoms with Crippen molar-refractivity contribution in [2.45, 2.75) is 20.3 Å². The van der Waals surface area contributed by atoms with Crippen molar-refractivity contribution in [1.82, 2.24) is 0 Å². The molecule has 0 aliphatic carbocycles. The molecular formula is C12H16O4. The van der Waals surface area contributed by atoms with E-state index in [0.29, 0.717) is 11.5 Å². The minimum Gasteiger partial charge on any atom is -0.496 e. The van der Waals surface area contributed by atoms with Crippen LogP contribution in [0.25, 0.3) is 0 Å². The lowest BCUT2D eigenvalue weighted by Gasteiger charge is -2.15. The highest BCUT2D eigenvalue weighted by atomic mass is 16.5. The number of carboxylic acid groups (broad SMARTS) is 1. The van der Waals surface area contributed by atoms with E-state index in [9.17, 15) is 4.79 Å². The molecule has 0 aromatic heterocycles.